The minimum absolute atomic E-state index is 0.218. The second-order valence-corrected chi connectivity index (χ2v) is 6.75. The van der Waals surface area contributed by atoms with E-state index >= 15 is 0 Å². The van der Waals surface area contributed by atoms with E-state index in [9.17, 15) is 4.79 Å². The van der Waals surface area contributed by atoms with E-state index in [0.717, 1.165) is 61.9 Å². The minimum atomic E-state index is 0.218. The SMILES string of the molecule is COc1ccccc1CCC(=O)N1CCCN(Cc2cc(C)on2)CC1. The number of para-hydroxylation sites is 1. The van der Waals surface area contributed by atoms with Crippen LogP contribution < -0.4 is 4.74 Å². The number of carbonyl (C=O) groups excluding carboxylic acids is 1. The van der Waals surface area contributed by atoms with Gasteiger partial charge in [-0.2, -0.15) is 0 Å². The Kier molecular flexibility index (Phi) is 6.28. The summed E-state index contributed by atoms with van der Waals surface area (Å²) < 4.78 is 10.5. The van der Waals surface area contributed by atoms with Gasteiger partial charge in [0.25, 0.3) is 0 Å². The second kappa shape index (κ2) is 8.85. The Morgan fingerprint density at radius 2 is 2.08 bits per heavy atom. The maximum Gasteiger partial charge on any atom is 0.222 e. The topological polar surface area (TPSA) is 58.8 Å². The Morgan fingerprint density at radius 1 is 1.23 bits per heavy atom. The molecule has 1 aliphatic rings. The number of rotatable bonds is 6. The number of carbonyl (C=O) groups is 1. The molecule has 1 fully saturated rings. The predicted molar refractivity (Wildman–Crippen MR) is 99.0 cm³/mol. The summed E-state index contributed by atoms with van der Waals surface area (Å²) in [5.74, 6) is 1.91. The molecule has 0 atom stereocenters. The maximum atomic E-state index is 12.6. The van der Waals surface area contributed by atoms with Crippen LogP contribution >= 0.6 is 0 Å². The quantitative estimate of drug-likeness (QED) is 0.795. The highest BCUT2D eigenvalue weighted by molar-refractivity contribution is 5.76. The second-order valence-electron chi connectivity index (χ2n) is 6.75. The van der Waals surface area contributed by atoms with Crippen LogP contribution in [0.15, 0.2) is 34.9 Å². The van der Waals surface area contributed by atoms with Crippen molar-refractivity contribution < 1.29 is 14.1 Å². The van der Waals surface area contributed by atoms with Crippen molar-refractivity contribution in [1.29, 1.82) is 0 Å². The smallest absolute Gasteiger partial charge is 0.222 e. The highest BCUT2D eigenvalue weighted by atomic mass is 16.5. The summed E-state index contributed by atoms with van der Waals surface area (Å²) in [6.07, 6.45) is 2.21. The zero-order valence-electron chi connectivity index (χ0n) is 15.6. The average Bonchev–Trinajstić information content (AvgIpc) is 2.92. The summed E-state index contributed by atoms with van der Waals surface area (Å²) in [5, 5.41) is 4.06. The summed E-state index contributed by atoms with van der Waals surface area (Å²) >= 11 is 0. The lowest BCUT2D eigenvalue weighted by Crippen LogP contribution is -2.35. The number of aromatic nitrogens is 1. The lowest BCUT2D eigenvalue weighted by atomic mass is 10.1. The van der Waals surface area contributed by atoms with Crippen molar-refractivity contribution in [2.24, 2.45) is 0 Å². The normalized spacial score (nSPS) is 15.7. The summed E-state index contributed by atoms with van der Waals surface area (Å²) in [5.41, 5.74) is 2.04. The Balaban J connectivity index is 1.49. The molecule has 1 aromatic heterocycles. The fourth-order valence-electron chi connectivity index (χ4n) is 3.41. The molecule has 0 radical (unpaired) electrons. The third kappa shape index (κ3) is 4.85. The van der Waals surface area contributed by atoms with Gasteiger partial charge in [-0.1, -0.05) is 23.4 Å². The first-order chi connectivity index (χ1) is 12.7. The number of benzene rings is 1. The number of nitrogens with zero attached hydrogens (tertiary/aromatic N) is 3. The first-order valence-corrected chi connectivity index (χ1v) is 9.20. The molecule has 1 amide bonds. The van der Waals surface area contributed by atoms with Crippen LogP contribution in [0.5, 0.6) is 5.75 Å². The average molecular weight is 357 g/mol. The van der Waals surface area contributed by atoms with Crippen LogP contribution in [0, 0.1) is 6.92 Å². The highest BCUT2D eigenvalue weighted by Crippen LogP contribution is 2.19. The molecule has 140 valence electrons. The van der Waals surface area contributed by atoms with Crippen LogP contribution in [0.4, 0.5) is 0 Å². The Labute approximate surface area is 154 Å². The van der Waals surface area contributed by atoms with E-state index in [4.69, 9.17) is 9.26 Å². The van der Waals surface area contributed by atoms with Crippen molar-refractivity contribution in [3.05, 3.63) is 47.3 Å². The van der Waals surface area contributed by atoms with Gasteiger partial charge in [0, 0.05) is 45.2 Å². The zero-order chi connectivity index (χ0) is 18.4. The molecular weight excluding hydrogens is 330 g/mol. The van der Waals surface area contributed by atoms with Gasteiger partial charge in [-0.15, -0.1) is 0 Å². The summed E-state index contributed by atoms with van der Waals surface area (Å²) in [6.45, 7) is 6.11. The molecule has 0 spiro atoms. The van der Waals surface area contributed by atoms with Gasteiger partial charge in [0.2, 0.25) is 5.91 Å². The molecule has 6 heteroatoms. The van der Waals surface area contributed by atoms with Gasteiger partial charge >= 0.3 is 0 Å². The molecule has 0 aliphatic carbocycles. The van der Waals surface area contributed by atoms with Gasteiger partial charge in [0.1, 0.15) is 11.5 Å². The highest BCUT2D eigenvalue weighted by Gasteiger charge is 2.20. The van der Waals surface area contributed by atoms with Crippen LogP contribution in [-0.4, -0.2) is 54.2 Å². The van der Waals surface area contributed by atoms with E-state index in [1.807, 2.05) is 42.2 Å². The van der Waals surface area contributed by atoms with Crippen molar-refractivity contribution in [1.82, 2.24) is 15.0 Å². The lowest BCUT2D eigenvalue weighted by Gasteiger charge is -2.21. The molecule has 1 aromatic carbocycles. The molecule has 0 saturated carbocycles. The number of hydrogen-bond donors (Lipinski definition) is 0. The maximum absolute atomic E-state index is 12.6. The van der Waals surface area contributed by atoms with Gasteiger partial charge in [-0.3, -0.25) is 9.69 Å². The first-order valence-electron chi connectivity index (χ1n) is 9.20. The lowest BCUT2D eigenvalue weighted by molar-refractivity contribution is -0.131. The Bertz CT molecular complexity index is 729. The molecule has 2 aromatic rings. The Morgan fingerprint density at radius 3 is 2.85 bits per heavy atom. The van der Waals surface area contributed by atoms with Crippen LogP contribution in [0.1, 0.15) is 29.9 Å². The predicted octanol–water partition coefficient (Wildman–Crippen LogP) is 2.66. The van der Waals surface area contributed by atoms with Gasteiger partial charge in [0.15, 0.2) is 0 Å². The van der Waals surface area contributed by atoms with Gasteiger partial charge < -0.3 is 14.2 Å². The molecule has 26 heavy (non-hydrogen) atoms. The number of ether oxygens (including phenoxy) is 1. The van der Waals surface area contributed by atoms with Crippen molar-refractivity contribution in [2.45, 2.75) is 32.7 Å². The van der Waals surface area contributed by atoms with Crippen molar-refractivity contribution in [3.63, 3.8) is 0 Å². The first kappa shape index (κ1) is 18.5. The number of methoxy groups -OCH3 is 1. The van der Waals surface area contributed by atoms with Crippen LogP contribution in [-0.2, 0) is 17.8 Å². The number of amides is 1. The van der Waals surface area contributed by atoms with E-state index in [-0.39, 0.29) is 5.91 Å². The number of hydrogen-bond acceptors (Lipinski definition) is 5. The third-order valence-electron chi connectivity index (χ3n) is 4.80. The van der Waals surface area contributed by atoms with Crippen molar-refractivity contribution in [2.75, 3.05) is 33.3 Å². The monoisotopic (exact) mass is 357 g/mol. The molecule has 2 heterocycles. The third-order valence-corrected chi connectivity index (χ3v) is 4.80. The van der Waals surface area contributed by atoms with Gasteiger partial charge in [-0.25, -0.2) is 0 Å². The largest absolute Gasteiger partial charge is 0.496 e. The molecule has 0 N–H and O–H groups in total. The van der Waals surface area contributed by atoms with E-state index < -0.39 is 0 Å². The van der Waals surface area contributed by atoms with E-state index in [1.54, 1.807) is 7.11 Å². The molecule has 1 saturated heterocycles. The summed E-state index contributed by atoms with van der Waals surface area (Å²) in [4.78, 5) is 17.0. The van der Waals surface area contributed by atoms with Crippen LogP contribution in [0.3, 0.4) is 0 Å². The standard InChI is InChI=1S/C20H27N3O3/c1-16-14-18(21-26-16)15-22-10-5-11-23(13-12-22)20(24)9-8-17-6-3-4-7-19(17)25-2/h3-4,6-7,14H,5,8-13,15H2,1-2H3. The summed E-state index contributed by atoms with van der Waals surface area (Å²) in [7, 11) is 1.67. The van der Waals surface area contributed by atoms with Gasteiger partial charge in [-0.05, 0) is 31.4 Å². The number of aryl methyl sites for hydroxylation is 2. The minimum Gasteiger partial charge on any atom is -0.496 e. The molecular formula is C20H27N3O3. The molecule has 3 rings (SSSR count). The van der Waals surface area contributed by atoms with Crippen molar-refractivity contribution in [3.8, 4) is 5.75 Å². The van der Waals surface area contributed by atoms with E-state index in [2.05, 4.69) is 10.1 Å². The fraction of sp³-hybridized carbons (Fsp3) is 0.500. The van der Waals surface area contributed by atoms with Crippen LogP contribution in [0.2, 0.25) is 0 Å². The Hall–Kier alpha value is -2.34. The fourth-order valence-corrected chi connectivity index (χ4v) is 3.41. The van der Waals surface area contributed by atoms with E-state index in [1.165, 1.54) is 0 Å². The summed E-state index contributed by atoms with van der Waals surface area (Å²) in [6, 6.07) is 9.87. The molecule has 0 bridgehead atoms. The van der Waals surface area contributed by atoms with Gasteiger partial charge in [0.05, 0.1) is 12.8 Å². The molecule has 1 aliphatic heterocycles. The zero-order valence-corrected chi connectivity index (χ0v) is 15.6. The van der Waals surface area contributed by atoms with E-state index in [0.29, 0.717) is 12.8 Å². The van der Waals surface area contributed by atoms with Crippen molar-refractivity contribution >= 4 is 5.91 Å². The van der Waals surface area contributed by atoms with Crippen LogP contribution in [0.25, 0.3) is 0 Å². The molecule has 0 unspecified atom stereocenters. The molecule has 6 nitrogen and oxygen atoms in total.